The number of nitrogens with zero attached hydrogens (tertiary/aromatic N) is 1. The van der Waals surface area contributed by atoms with Crippen LogP contribution in [0.1, 0.15) is 59.3 Å². The fourth-order valence-electron chi connectivity index (χ4n) is 3.81. The molecule has 1 saturated carbocycles. The smallest absolute Gasteiger partial charge is 0.0695 e. The van der Waals surface area contributed by atoms with Crippen LogP contribution in [-0.2, 0) is 0 Å². The van der Waals surface area contributed by atoms with Crippen molar-refractivity contribution in [1.29, 1.82) is 0 Å². The second-order valence-electron chi connectivity index (χ2n) is 6.48. The number of aliphatic hydroxyl groups excluding tert-OH is 1. The molecule has 100 valence electrons. The monoisotopic (exact) mass is 239 g/mol. The molecule has 0 aromatic rings. The van der Waals surface area contributed by atoms with Crippen molar-refractivity contribution in [3.05, 3.63) is 0 Å². The van der Waals surface area contributed by atoms with Crippen molar-refractivity contribution in [3.63, 3.8) is 0 Å². The predicted molar refractivity (Wildman–Crippen MR) is 72.0 cm³/mol. The van der Waals surface area contributed by atoms with Crippen LogP contribution < -0.4 is 0 Å². The maximum absolute atomic E-state index is 10.2. The van der Waals surface area contributed by atoms with Gasteiger partial charge in [0, 0.05) is 12.6 Å². The Balaban J connectivity index is 1.99. The largest absolute Gasteiger partial charge is 0.391 e. The van der Waals surface area contributed by atoms with Gasteiger partial charge in [-0.05, 0) is 56.4 Å². The average Bonchev–Trinajstić information content (AvgIpc) is 2.77. The van der Waals surface area contributed by atoms with Crippen LogP contribution in [0.5, 0.6) is 0 Å². The Morgan fingerprint density at radius 3 is 2.53 bits per heavy atom. The summed E-state index contributed by atoms with van der Waals surface area (Å²) in [6.45, 7) is 9.41. The zero-order valence-electron chi connectivity index (χ0n) is 11.8. The van der Waals surface area contributed by atoms with Gasteiger partial charge in [0.05, 0.1) is 6.10 Å². The van der Waals surface area contributed by atoms with Gasteiger partial charge in [-0.2, -0.15) is 0 Å². The number of likely N-dealkylation sites (tertiary alicyclic amines) is 1. The molecule has 1 saturated heterocycles. The molecular formula is C15H29NO. The lowest BCUT2D eigenvalue weighted by atomic mass is 9.81. The summed E-state index contributed by atoms with van der Waals surface area (Å²) in [5, 5.41) is 10.2. The Kier molecular flexibility index (Phi) is 4.14. The molecule has 0 aromatic heterocycles. The molecule has 1 aliphatic carbocycles. The Morgan fingerprint density at radius 2 is 1.94 bits per heavy atom. The molecule has 2 aliphatic rings. The Bertz CT molecular complexity index is 249. The fraction of sp³-hybridized carbons (Fsp3) is 1.00. The third kappa shape index (κ3) is 2.68. The van der Waals surface area contributed by atoms with E-state index >= 15 is 0 Å². The van der Waals surface area contributed by atoms with E-state index in [2.05, 4.69) is 25.7 Å². The van der Waals surface area contributed by atoms with E-state index in [1.54, 1.807) is 0 Å². The molecule has 2 heteroatoms. The van der Waals surface area contributed by atoms with E-state index in [1.165, 1.54) is 45.2 Å². The first-order valence-electron chi connectivity index (χ1n) is 7.52. The van der Waals surface area contributed by atoms with E-state index in [-0.39, 0.29) is 6.10 Å². The van der Waals surface area contributed by atoms with Gasteiger partial charge in [0.2, 0.25) is 0 Å². The van der Waals surface area contributed by atoms with Gasteiger partial charge < -0.3 is 5.11 Å². The molecule has 0 aromatic carbocycles. The van der Waals surface area contributed by atoms with Crippen molar-refractivity contribution >= 4 is 0 Å². The van der Waals surface area contributed by atoms with Crippen LogP contribution in [0, 0.1) is 11.3 Å². The zero-order chi connectivity index (χ0) is 12.5. The topological polar surface area (TPSA) is 23.5 Å². The number of hydrogen-bond acceptors (Lipinski definition) is 2. The van der Waals surface area contributed by atoms with Gasteiger partial charge in [0.25, 0.3) is 0 Å². The van der Waals surface area contributed by atoms with Crippen molar-refractivity contribution in [2.75, 3.05) is 13.1 Å². The highest BCUT2D eigenvalue weighted by Crippen LogP contribution is 2.40. The first kappa shape index (κ1) is 13.4. The molecule has 3 atom stereocenters. The molecule has 1 aliphatic heterocycles. The summed E-state index contributed by atoms with van der Waals surface area (Å²) in [5.74, 6) is 0.793. The van der Waals surface area contributed by atoms with Crippen LogP contribution in [0.4, 0.5) is 0 Å². The van der Waals surface area contributed by atoms with Gasteiger partial charge in [-0.15, -0.1) is 0 Å². The maximum Gasteiger partial charge on any atom is 0.0695 e. The van der Waals surface area contributed by atoms with Crippen molar-refractivity contribution < 1.29 is 5.11 Å². The average molecular weight is 239 g/mol. The van der Waals surface area contributed by atoms with Gasteiger partial charge in [-0.25, -0.2) is 0 Å². The Morgan fingerprint density at radius 1 is 1.24 bits per heavy atom. The molecule has 2 fully saturated rings. The summed E-state index contributed by atoms with van der Waals surface area (Å²) in [5.41, 5.74) is 0.542. The molecule has 0 amide bonds. The minimum Gasteiger partial charge on any atom is -0.391 e. The summed E-state index contributed by atoms with van der Waals surface area (Å²) in [4.78, 5) is 2.59. The first-order valence-corrected chi connectivity index (χ1v) is 7.52. The SMILES string of the molecule is CCC1(CC)CCN(C2CC(C)CCC2O)C1. The van der Waals surface area contributed by atoms with Crippen LogP contribution in [0.25, 0.3) is 0 Å². The summed E-state index contributed by atoms with van der Waals surface area (Å²) >= 11 is 0. The number of aliphatic hydroxyl groups is 1. The molecule has 2 nitrogen and oxygen atoms in total. The summed E-state index contributed by atoms with van der Waals surface area (Å²) in [6, 6.07) is 0.443. The molecular weight excluding hydrogens is 210 g/mol. The minimum absolute atomic E-state index is 0.0734. The van der Waals surface area contributed by atoms with Gasteiger partial charge >= 0.3 is 0 Å². The van der Waals surface area contributed by atoms with Gasteiger partial charge in [0.15, 0.2) is 0 Å². The van der Waals surface area contributed by atoms with Crippen molar-refractivity contribution in [1.82, 2.24) is 4.90 Å². The highest BCUT2D eigenvalue weighted by atomic mass is 16.3. The normalized spacial score (nSPS) is 38.5. The standard InChI is InChI=1S/C15H29NO/c1-4-15(5-2)8-9-16(11-15)13-10-12(3)6-7-14(13)17/h12-14,17H,4-11H2,1-3H3. The van der Waals surface area contributed by atoms with E-state index in [4.69, 9.17) is 0 Å². The van der Waals surface area contributed by atoms with Crippen molar-refractivity contribution in [2.24, 2.45) is 11.3 Å². The molecule has 3 unspecified atom stereocenters. The van der Waals surface area contributed by atoms with Gasteiger partial charge in [-0.1, -0.05) is 20.8 Å². The first-order chi connectivity index (χ1) is 8.10. The third-order valence-corrected chi connectivity index (χ3v) is 5.48. The van der Waals surface area contributed by atoms with Crippen LogP contribution in [0.15, 0.2) is 0 Å². The quantitative estimate of drug-likeness (QED) is 0.818. The lowest BCUT2D eigenvalue weighted by Gasteiger charge is -2.39. The summed E-state index contributed by atoms with van der Waals surface area (Å²) in [7, 11) is 0. The molecule has 1 N–H and O–H groups in total. The van der Waals surface area contributed by atoms with Gasteiger partial charge in [-0.3, -0.25) is 4.90 Å². The summed E-state index contributed by atoms with van der Waals surface area (Å²) in [6.07, 6.45) is 7.25. The Labute approximate surface area is 106 Å². The van der Waals surface area contributed by atoms with E-state index in [1.807, 2.05) is 0 Å². The second kappa shape index (κ2) is 5.27. The van der Waals surface area contributed by atoms with Crippen LogP contribution in [0.3, 0.4) is 0 Å². The highest BCUT2D eigenvalue weighted by Gasteiger charge is 2.41. The van der Waals surface area contributed by atoms with Gasteiger partial charge in [0.1, 0.15) is 0 Å². The van der Waals surface area contributed by atoms with Crippen LogP contribution in [-0.4, -0.2) is 35.2 Å². The van der Waals surface area contributed by atoms with Crippen LogP contribution in [0.2, 0.25) is 0 Å². The zero-order valence-corrected chi connectivity index (χ0v) is 11.8. The van der Waals surface area contributed by atoms with Crippen molar-refractivity contribution in [2.45, 2.75) is 71.4 Å². The molecule has 17 heavy (non-hydrogen) atoms. The molecule has 0 spiro atoms. The Hall–Kier alpha value is -0.0800. The van der Waals surface area contributed by atoms with Crippen molar-refractivity contribution in [3.8, 4) is 0 Å². The third-order valence-electron chi connectivity index (χ3n) is 5.48. The summed E-state index contributed by atoms with van der Waals surface area (Å²) < 4.78 is 0. The fourth-order valence-corrected chi connectivity index (χ4v) is 3.81. The van der Waals surface area contributed by atoms with E-state index in [0.717, 1.165) is 12.3 Å². The number of rotatable bonds is 3. The lowest BCUT2D eigenvalue weighted by molar-refractivity contribution is 0.0107. The minimum atomic E-state index is -0.0734. The highest BCUT2D eigenvalue weighted by molar-refractivity contribution is 4.94. The number of hydrogen-bond donors (Lipinski definition) is 1. The molecule has 1 heterocycles. The molecule has 0 bridgehead atoms. The molecule has 0 radical (unpaired) electrons. The second-order valence-corrected chi connectivity index (χ2v) is 6.48. The molecule has 2 rings (SSSR count). The lowest BCUT2D eigenvalue weighted by Crippen LogP contribution is -2.46. The maximum atomic E-state index is 10.2. The van der Waals surface area contributed by atoms with E-state index in [9.17, 15) is 5.11 Å². The predicted octanol–water partition coefficient (Wildman–Crippen LogP) is 3.05. The van der Waals surface area contributed by atoms with Crippen LogP contribution >= 0.6 is 0 Å². The van der Waals surface area contributed by atoms with E-state index < -0.39 is 0 Å². The van der Waals surface area contributed by atoms with E-state index in [0.29, 0.717) is 11.5 Å².